The fraction of sp³-hybridized carbons (Fsp3) is 0.438. The van der Waals surface area contributed by atoms with Crippen LogP contribution in [0.5, 0.6) is 0 Å². The number of hydrogen-bond donors (Lipinski definition) is 1. The highest BCUT2D eigenvalue weighted by Crippen LogP contribution is 2.21. The van der Waals surface area contributed by atoms with Crippen LogP contribution in [0.3, 0.4) is 0 Å². The molecule has 5 nitrogen and oxygen atoms in total. The fourth-order valence-electron chi connectivity index (χ4n) is 1.82. The highest BCUT2D eigenvalue weighted by molar-refractivity contribution is 5.81. The van der Waals surface area contributed by atoms with E-state index in [4.69, 9.17) is 4.42 Å². The Balaban J connectivity index is 1.96. The molecule has 1 amide bonds. The van der Waals surface area contributed by atoms with Gasteiger partial charge in [-0.05, 0) is 18.6 Å². The predicted molar refractivity (Wildman–Crippen MR) is 80.6 cm³/mol. The van der Waals surface area contributed by atoms with Gasteiger partial charge >= 0.3 is 0 Å². The van der Waals surface area contributed by atoms with Gasteiger partial charge in [0, 0.05) is 23.9 Å². The standard InChI is InChI=1S/C16H21N3O2/c1-11-7-5-6-8-12(11)14-19-18-13(21-14)9-10-17-15(20)16(2,3)4/h5-8H,9-10H2,1-4H3,(H,17,20). The summed E-state index contributed by atoms with van der Waals surface area (Å²) < 4.78 is 5.64. The van der Waals surface area contributed by atoms with E-state index in [-0.39, 0.29) is 11.3 Å². The van der Waals surface area contributed by atoms with E-state index in [1.54, 1.807) is 0 Å². The van der Waals surface area contributed by atoms with Gasteiger partial charge < -0.3 is 9.73 Å². The molecule has 0 aliphatic rings. The van der Waals surface area contributed by atoms with Crippen LogP contribution in [0.2, 0.25) is 0 Å². The maximum Gasteiger partial charge on any atom is 0.247 e. The number of aromatic nitrogens is 2. The first kappa shape index (κ1) is 15.2. The second-order valence-electron chi connectivity index (χ2n) is 6.07. The van der Waals surface area contributed by atoms with E-state index < -0.39 is 0 Å². The normalized spacial score (nSPS) is 11.4. The topological polar surface area (TPSA) is 68.0 Å². The number of rotatable bonds is 4. The zero-order chi connectivity index (χ0) is 15.5. The van der Waals surface area contributed by atoms with E-state index in [1.807, 2.05) is 52.0 Å². The molecule has 0 bridgehead atoms. The Hall–Kier alpha value is -2.17. The van der Waals surface area contributed by atoms with Crippen molar-refractivity contribution >= 4 is 5.91 Å². The Kier molecular flexibility index (Phi) is 4.40. The number of amides is 1. The van der Waals surface area contributed by atoms with Gasteiger partial charge in [0.15, 0.2) is 0 Å². The lowest BCUT2D eigenvalue weighted by Gasteiger charge is -2.16. The van der Waals surface area contributed by atoms with Crippen molar-refractivity contribution in [2.45, 2.75) is 34.1 Å². The molecule has 0 atom stereocenters. The number of nitrogens with one attached hydrogen (secondary N) is 1. The Labute approximate surface area is 124 Å². The first-order valence-corrected chi connectivity index (χ1v) is 7.04. The molecule has 0 fully saturated rings. The van der Waals surface area contributed by atoms with Gasteiger partial charge in [-0.1, -0.05) is 39.0 Å². The minimum absolute atomic E-state index is 0.0149. The van der Waals surface area contributed by atoms with Crippen LogP contribution in [0.25, 0.3) is 11.5 Å². The third-order valence-electron chi connectivity index (χ3n) is 3.15. The van der Waals surface area contributed by atoms with Crippen LogP contribution in [0.1, 0.15) is 32.2 Å². The second kappa shape index (κ2) is 6.08. The molecule has 2 rings (SSSR count). The molecule has 0 radical (unpaired) electrons. The molecule has 0 unspecified atom stereocenters. The van der Waals surface area contributed by atoms with Crippen molar-refractivity contribution in [1.29, 1.82) is 0 Å². The van der Waals surface area contributed by atoms with E-state index in [1.165, 1.54) is 0 Å². The molecule has 21 heavy (non-hydrogen) atoms. The molecule has 2 aromatic rings. The van der Waals surface area contributed by atoms with E-state index in [0.717, 1.165) is 11.1 Å². The van der Waals surface area contributed by atoms with Gasteiger partial charge in [0.05, 0.1) is 0 Å². The summed E-state index contributed by atoms with van der Waals surface area (Å²) in [5.41, 5.74) is 1.64. The number of aryl methyl sites for hydroxylation is 1. The average molecular weight is 287 g/mol. The number of carbonyl (C=O) groups excluding carboxylic acids is 1. The molecular formula is C16H21N3O2. The van der Waals surface area contributed by atoms with E-state index in [0.29, 0.717) is 24.7 Å². The van der Waals surface area contributed by atoms with Crippen molar-refractivity contribution in [2.24, 2.45) is 5.41 Å². The molecule has 1 aromatic carbocycles. The zero-order valence-electron chi connectivity index (χ0n) is 12.9. The van der Waals surface area contributed by atoms with Crippen molar-refractivity contribution in [3.05, 3.63) is 35.7 Å². The van der Waals surface area contributed by atoms with Gasteiger partial charge in [-0.15, -0.1) is 10.2 Å². The summed E-state index contributed by atoms with van der Waals surface area (Å²) in [5.74, 6) is 1.06. The van der Waals surface area contributed by atoms with Crippen LogP contribution < -0.4 is 5.32 Å². The second-order valence-corrected chi connectivity index (χ2v) is 6.07. The summed E-state index contributed by atoms with van der Waals surface area (Å²) in [4.78, 5) is 11.7. The lowest BCUT2D eigenvalue weighted by Crippen LogP contribution is -2.35. The zero-order valence-corrected chi connectivity index (χ0v) is 12.9. The van der Waals surface area contributed by atoms with Crippen molar-refractivity contribution < 1.29 is 9.21 Å². The minimum Gasteiger partial charge on any atom is -0.421 e. The Morgan fingerprint density at radius 2 is 1.95 bits per heavy atom. The summed E-state index contributed by atoms with van der Waals surface area (Å²) in [5, 5.41) is 11.0. The molecule has 112 valence electrons. The smallest absolute Gasteiger partial charge is 0.247 e. The van der Waals surface area contributed by atoms with Crippen molar-refractivity contribution in [2.75, 3.05) is 6.54 Å². The van der Waals surface area contributed by atoms with Gasteiger partial charge in [0.25, 0.3) is 0 Å². The number of benzene rings is 1. The van der Waals surface area contributed by atoms with Crippen LogP contribution in [-0.4, -0.2) is 22.6 Å². The molecular weight excluding hydrogens is 266 g/mol. The maximum atomic E-state index is 11.7. The monoisotopic (exact) mass is 287 g/mol. The van der Waals surface area contributed by atoms with Crippen LogP contribution in [0.4, 0.5) is 0 Å². The molecule has 0 aliphatic carbocycles. The van der Waals surface area contributed by atoms with Crippen LogP contribution in [0, 0.1) is 12.3 Å². The van der Waals surface area contributed by atoms with E-state index >= 15 is 0 Å². The average Bonchev–Trinajstić information content (AvgIpc) is 2.86. The molecule has 0 aliphatic heterocycles. The molecule has 1 N–H and O–H groups in total. The summed E-state index contributed by atoms with van der Waals surface area (Å²) in [7, 11) is 0. The van der Waals surface area contributed by atoms with Crippen molar-refractivity contribution in [3.63, 3.8) is 0 Å². The molecule has 0 saturated carbocycles. The van der Waals surface area contributed by atoms with Crippen molar-refractivity contribution in [3.8, 4) is 11.5 Å². The molecule has 0 saturated heterocycles. The van der Waals surface area contributed by atoms with Gasteiger partial charge in [0.2, 0.25) is 17.7 Å². The Bertz CT molecular complexity index is 626. The molecule has 5 heteroatoms. The largest absolute Gasteiger partial charge is 0.421 e. The number of carbonyl (C=O) groups is 1. The highest BCUT2D eigenvalue weighted by atomic mass is 16.4. The summed E-state index contributed by atoms with van der Waals surface area (Å²) in [6, 6.07) is 7.87. The van der Waals surface area contributed by atoms with Gasteiger partial charge in [0.1, 0.15) is 0 Å². The van der Waals surface area contributed by atoms with Gasteiger partial charge in [-0.2, -0.15) is 0 Å². The first-order valence-electron chi connectivity index (χ1n) is 7.04. The minimum atomic E-state index is -0.388. The Morgan fingerprint density at radius 3 is 2.62 bits per heavy atom. The van der Waals surface area contributed by atoms with Crippen LogP contribution >= 0.6 is 0 Å². The van der Waals surface area contributed by atoms with Crippen LogP contribution in [0.15, 0.2) is 28.7 Å². The lowest BCUT2D eigenvalue weighted by atomic mass is 9.96. The highest BCUT2D eigenvalue weighted by Gasteiger charge is 2.20. The van der Waals surface area contributed by atoms with Crippen molar-refractivity contribution in [1.82, 2.24) is 15.5 Å². The summed E-state index contributed by atoms with van der Waals surface area (Å²) >= 11 is 0. The summed E-state index contributed by atoms with van der Waals surface area (Å²) in [6.07, 6.45) is 0.528. The summed E-state index contributed by atoms with van der Waals surface area (Å²) in [6.45, 7) is 8.14. The number of nitrogens with zero attached hydrogens (tertiary/aromatic N) is 2. The third kappa shape index (κ3) is 3.90. The molecule has 0 spiro atoms. The SMILES string of the molecule is Cc1ccccc1-c1nnc(CCNC(=O)C(C)(C)C)o1. The third-order valence-corrected chi connectivity index (χ3v) is 3.15. The van der Waals surface area contributed by atoms with E-state index in [9.17, 15) is 4.79 Å². The maximum absolute atomic E-state index is 11.7. The fourth-order valence-corrected chi connectivity index (χ4v) is 1.82. The van der Waals surface area contributed by atoms with Gasteiger partial charge in [-0.3, -0.25) is 4.79 Å². The van der Waals surface area contributed by atoms with E-state index in [2.05, 4.69) is 15.5 Å². The number of hydrogen-bond acceptors (Lipinski definition) is 4. The predicted octanol–water partition coefficient (Wildman–Crippen LogP) is 2.75. The molecule has 1 heterocycles. The first-order chi connectivity index (χ1) is 9.88. The lowest BCUT2D eigenvalue weighted by molar-refractivity contribution is -0.128. The van der Waals surface area contributed by atoms with Crippen LogP contribution in [-0.2, 0) is 11.2 Å². The van der Waals surface area contributed by atoms with Gasteiger partial charge in [-0.25, -0.2) is 0 Å². The Morgan fingerprint density at radius 1 is 1.24 bits per heavy atom. The quantitative estimate of drug-likeness (QED) is 0.939. The molecule has 1 aromatic heterocycles.